The maximum atomic E-state index is 12.1. The Labute approximate surface area is 134 Å². The number of nitrogens with one attached hydrogen (secondary N) is 2. The molecule has 1 aromatic rings. The fourth-order valence-corrected chi connectivity index (χ4v) is 2.93. The molecule has 1 aromatic carbocycles. The number of imide groups is 1. The van der Waals surface area contributed by atoms with E-state index in [2.05, 4.69) is 10.6 Å². The molecule has 0 radical (unpaired) electrons. The van der Waals surface area contributed by atoms with Gasteiger partial charge in [0.05, 0.1) is 0 Å². The van der Waals surface area contributed by atoms with Gasteiger partial charge in [0, 0.05) is 38.3 Å². The summed E-state index contributed by atoms with van der Waals surface area (Å²) in [6.45, 7) is 4.00. The molecular formula is C16H20N4O3. The van der Waals surface area contributed by atoms with E-state index in [1.165, 1.54) is 5.56 Å². The highest BCUT2D eigenvalue weighted by Crippen LogP contribution is 2.23. The van der Waals surface area contributed by atoms with Crippen LogP contribution in [0, 0.1) is 0 Å². The van der Waals surface area contributed by atoms with Crippen molar-refractivity contribution in [3.05, 3.63) is 29.3 Å². The Balaban J connectivity index is 1.72. The molecular weight excluding hydrogens is 296 g/mol. The minimum absolute atomic E-state index is 0.138. The van der Waals surface area contributed by atoms with Crippen molar-refractivity contribution < 1.29 is 14.4 Å². The number of hydrogen-bond donors (Lipinski definition) is 2. The molecule has 2 aliphatic heterocycles. The van der Waals surface area contributed by atoms with E-state index in [9.17, 15) is 14.4 Å². The zero-order valence-corrected chi connectivity index (χ0v) is 13.1. The molecule has 0 spiro atoms. The number of nitrogens with zero attached hydrogens (tertiary/aromatic N) is 2. The second kappa shape index (κ2) is 6.28. The number of amides is 5. The third-order valence-corrected chi connectivity index (χ3v) is 4.23. The lowest BCUT2D eigenvalue weighted by atomic mass is 9.99. The summed E-state index contributed by atoms with van der Waals surface area (Å²) >= 11 is 0. The summed E-state index contributed by atoms with van der Waals surface area (Å²) in [5, 5.41) is 5.34. The average Bonchev–Trinajstić information content (AvgIpc) is 2.99. The summed E-state index contributed by atoms with van der Waals surface area (Å²) in [4.78, 5) is 38.4. The molecule has 2 N–H and O–H groups in total. The highest BCUT2D eigenvalue weighted by Gasteiger charge is 2.26. The van der Waals surface area contributed by atoms with Gasteiger partial charge < -0.3 is 15.5 Å². The normalized spacial score (nSPS) is 16.8. The molecule has 0 atom stereocenters. The van der Waals surface area contributed by atoms with Gasteiger partial charge in [-0.05, 0) is 29.7 Å². The van der Waals surface area contributed by atoms with Crippen LogP contribution >= 0.6 is 0 Å². The molecule has 2 aliphatic rings. The van der Waals surface area contributed by atoms with Gasteiger partial charge in [-0.15, -0.1) is 0 Å². The van der Waals surface area contributed by atoms with E-state index in [-0.39, 0.29) is 11.9 Å². The topological polar surface area (TPSA) is 81.8 Å². The zero-order chi connectivity index (χ0) is 16.4. The van der Waals surface area contributed by atoms with Crippen LogP contribution in [0.2, 0.25) is 0 Å². The Morgan fingerprint density at radius 1 is 1.26 bits per heavy atom. The first-order valence-electron chi connectivity index (χ1n) is 7.84. The van der Waals surface area contributed by atoms with Crippen molar-refractivity contribution in [2.75, 3.05) is 25.0 Å². The molecule has 1 fully saturated rings. The Hall–Kier alpha value is -2.57. The second-order valence-corrected chi connectivity index (χ2v) is 5.72. The van der Waals surface area contributed by atoms with Crippen LogP contribution in [-0.4, -0.2) is 47.4 Å². The Morgan fingerprint density at radius 2 is 2.09 bits per heavy atom. The maximum absolute atomic E-state index is 12.1. The van der Waals surface area contributed by atoms with Crippen LogP contribution in [0.1, 0.15) is 24.5 Å². The van der Waals surface area contributed by atoms with Crippen LogP contribution in [0.3, 0.4) is 0 Å². The van der Waals surface area contributed by atoms with Crippen molar-refractivity contribution in [2.24, 2.45) is 0 Å². The number of urea groups is 2. The molecule has 5 amide bonds. The highest BCUT2D eigenvalue weighted by molar-refractivity contribution is 6.01. The zero-order valence-electron chi connectivity index (χ0n) is 13.1. The smallest absolute Gasteiger partial charge is 0.330 e. The molecule has 0 unspecified atom stereocenters. The van der Waals surface area contributed by atoms with Crippen LogP contribution in [0.25, 0.3) is 0 Å². The van der Waals surface area contributed by atoms with Crippen molar-refractivity contribution in [3.8, 4) is 0 Å². The first kappa shape index (κ1) is 15.3. The average molecular weight is 316 g/mol. The Bertz CT molecular complexity index is 659. The quantitative estimate of drug-likeness (QED) is 0.868. The SMILES string of the molecule is CCC(=O)N1CCc2ccc(NC(=O)N3CCNC3=O)cc2C1. The lowest BCUT2D eigenvalue weighted by Gasteiger charge is -2.29. The molecule has 122 valence electrons. The van der Waals surface area contributed by atoms with E-state index >= 15 is 0 Å². The summed E-state index contributed by atoms with van der Waals surface area (Å²) < 4.78 is 0. The van der Waals surface area contributed by atoms with Crippen LogP contribution in [0.5, 0.6) is 0 Å². The first-order chi connectivity index (χ1) is 11.1. The van der Waals surface area contributed by atoms with Crippen LogP contribution in [-0.2, 0) is 17.8 Å². The predicted molar refractivity (Wildman–Crippen MR) is 85.0 cm³/mol. The number of carbonyl (C=O) groups excluding carboxylic acids is 3. The molecule has 0 bridgehead atoms. The maximum Gasteiger partial charge on any atom is 0.330 e. The number of rotatable bonds is 2. The van der Waals surface area contributed by atoms with Gasteiger partial charge in [-0.1, -0.05) is 13.0 Å². The second-order valence-electron chi connectivity index (χ2n) is 5.72. The number of hydrogen-bond acceptors (Lipinski definition) is 3. The third-order valence-electron chi connectivity index (χ3n) is 4.23. The molecule has 3 rings (SSSR count). The van der Waals surface area contributed by atoms with Crippen molar-refractivity contribution in [3.63, 3.8) is 0 Å². The minimum atomic E-state index is -0.433. The van der Waals surface area contributed by atoms with E-state index in [1.807, 2.05) is 30.0 Å². The van der Waals surface area contributed by atoms with E-state index < -0.39 is 6.03 Å². The Kier molecular flexibility index (Phi) is 4.18. The molecule has 7 nitrogen and oxygen atoms in total. The first-order valence-corrected chi connectivity index (χ1v) is 7.84. The van der Waals surface area contributed by atoms with Gasteiger partial charge in [0.15, 0.2) is 0 Å². The van der Waals surface area contributed by atoms with E-state index in [1.54, 1.807) is 0 Å². The summed E-state index contributed by atoms with van der Waals surface area (Å²) in [5.74, 6) is 0.138. The van der Waals surface area contributed by atoms with Gasteiger partial charge in [-0.2, -0.15) is 0 Å². The van der Waals surface area contributed by atoms with Crippen LogP contribution < -0.4 is 10.6 Å². The highest BCUT2D eigenvalue weighted by atomic mass is 16.2. The summed E-state index contributed by atoms with van der Waals surface area (Å²) in [5.41, 5.74) is 2.88. The fraction of sp³-hybridized carbons (Fsp3) is 0.438. The van der Waals surface area contributed by atoms with Gasteiger partial charge in [0.2, 0.25) is 5.91 Å². The lowest BCUT2D eigenvalue weighted by Crippen LogP contribution is -2.38. The van der Waals surface area contributed by atoms with E-state index in [0.717, 1.165) is 23.4 Å². The van der Waals surface area contributed by atoms with Gasteiger partial charge >= 0.3 is 12.1 Å². The summed E-state index contributed by atoms with van der Waals surface area (Å²) in [7, 11) is 0. The van der Waals surface area contributed by atoms with Gasteiger partial charge in [0.1, 0.15) is 0 Å². The number of carbonyl (C=O) groups is 3. The minimum Gasteiger partial charge on any atom is -0.338 e. The molecule has 23 heavy (non-hydrogen) atoms. The van der Waals surface area contributed by atoms with E-state index in [4.69, 9.17) is 0 Å². The van der Waals surface area contributed by atoms with Crippen LogP contribution in [0.15, 0.2) is 18.2 Å². The molecule has 7 heteroatoms. The van der Waals surface area contributed by atoms with Gasteiger partial charge in [-0.25, -0.2) is 14.5 Å². The van der Waals surface area contributed by atoms with E-state index in [0.29, 0.717) is 31.7 Å². The molecule has 0 aromatic heterocycles. The van der Waals surface area contributed by atoms with Crippen molar-refractivity contribution in [2.45, 2.75) is 26.3 Å². The monoisotopic (exact) mass is 316 g/mol. The Morgan fingerprint density at radius 3 is 2.78 bits per heavy atom. The predicted octanol–water partition coefficient (Wildman–Crippen LogP) is 1.54. The molecule has 1 saturated heterocycles. The molecule has 0 aliphatic carbocycles. The van der Waals surface area contributed by atoms with Crippen molar-refractivity contribution in [1.29, 1.82) is 0 Å². The number of benzene rings is 1. The van der Waals surface area contributed by atoms with Gasteiger partial charge in [-0.3, -0.25) is 4.79 Å². The largest absolute Gasteiger partial charge is 0.338 e. The van der Waals surface area contributed by atoms with Crippen LogP contribution in [0.4, 0.5) is 15.3 Å². The lowest BCUT2D eigenvalue weighted by molar-refractivity contribution is -0.131. The van der Waals surface area contributed by atoms with Gasteiger partial charge in [0.25, 0.3) is 0 Å². The molecule has 2 heterocycles. The number of fused-ring (bicyclic) bond motifs is 1. The summed E-state index contributed by atoms with van der Waals surface area (Å²) in [6.07, 6.45) is 1.32. The third kappa shape index (κ3) is 3.13. The fourth-order valence-electron chi connectivity index (χ4n) is 2.93. The van der Waals surface area contributed by atoms with Crippen molar-refractivity contribution in [1.82, 2.24) is 15.1 Å². The molecule has 0 saturated carbocycles. The van der Waals surface area contributed by atoms with Crippen molar-refractivity contribution >= 4 is 23.7 Å². The standard InChI is InChI=1S/C16H20N4O3/c1-2-14(21)19-7-5-11-3-4-13(9-12(11)10-19)18-16(23)20-8-6-17-15(20)22/h3-4,9H,2,5-8,10H2,1H3,(H,17,22)(H,18,23). The number of anilines is 1. The summed E-state index contributed by atoms with van der Waals surface area (Å²) in [6, 6.07) is 4.89.